The van der Waals surface area contributed by atoms with Crippen molar-refractivity contribution in [1.29, 1.82) is 0 Å². The summed E-state index contributed by atoms with van der Waals surface area (Å²) in [5.41, 5.74) is 5.67. The van der Waals surface area contributed by atoms with E-state index in [-0.39, 0.29) is 17.9 Å². The van der Waals surface area contributed by atoms with Crippen molar-refractivity contribution in [3.05, 3.63) is 79.8 Å². The summed E-state index contributed by atoms with van der Waals surface area (Å²) in [4.78, 5) is 49.9. The average molecular weight is 411 g/mol. The van der Waals surface area contributed by atoms with Crippen LogP contribution in [0.2, 0.25) is 0 Å². The van der Waals surface area contributed by atoms with Crippen molar-refractivity contribution in [2.75, 3.05) is 12.3 Å². The van der Waals surface area contributed by atoms with E-state index < -0.39 is 35.2 Å². The predicted octanol–water partition coefficient (Wildman–Crippen LogP) is 0.259. The third kappa shape index (κ3) is 3.79. The monoisotopic (exact) mass is 411 g/mol. The first-order valence-electron chi connectivity index (χ1n) is 9.04. The number of Topliss-reactive ketones (excluding diaryl/α,β-unsaturated/α-hetero) is 1. The predicted molar refractivity (Wildman–Crippen MR) is 108 cm³/mol. The molecule has 0 unspecified atom stereocenters. The highest BCUT2D eigenvalue weighted by Gasteiger charge is 2.23. The number of benzene rings is 1. The van der Waals surface area contributed by atoms with E-state index in [0.717, 1.165) is 14.7 Å². The second kappa shape index (κ2) is 8.19. The Balaban J connectivity index is 1.90. The molecule has 30 heavy (non-hydrogen) atoms. The summed E-state index contributed by atoms with van der Waals surface area (Å²) in [6.45, 7) is 1.06. The van der Waals surface area contributed by atoms with Crippen LogP contribution in [0.25, 0.3) is 0 Å². The average Bonchev–Trinajstić information content (AvgIpc) is 3.07. The molecule has 0 aliphatic carbocycles. The molecule has 10 heteroatoms. The van der Waals surface area contributed by atoms with Crippen LogP contribution in [0.1, 0.15) is 32.0 Å². The number of ether oxygens (including phenoxy) is 1. The van der Waals surface area contributed by atoms with Gasteiger partial charge in [0.05, 0.1) is 12.7 Å². The minimum Gasteiger partial charge on any atom is -0.454 e. The SMILES string of the molecule is Cc1c(C(=O)OCC(=O)c2c(N)n(Cc3ccccc3)c(=O)n(C)c2=O)cnn1C. The van der Waals surface area contributed by atoms with Crippen LogP contribution < -0.4 is 17.0 Å². The maximum atomic E-state index is 12.7. The van der Waals surface area contributed by atoms with Gasteiger partial charge >= 0.3 is 11.7 Å². The summed E-state index contributed by atoms with van der Waals surface area (Å²) >= 11 is 0. The topological polar surface area (TPSA) is 131 Å². The second-order valence-electron chi connectivity index (χ2n) is 6.75. The van der Waals surface area contributed by atoms with E-state index in [4.69, 9.17) is 10.5 Å². The first-order valence-corrected chi connectivity index (χ1v) is 9.04. The van der Waals surface area contributed by atoms with E-state index in [1.54, 1.807) is 38.2 Å². The molecular formula is C20H21N5O5. The number of hydrogen-bond acceptors (Lipinski definition) is 7. The van der Waals surface area contributed by atoms with Gasteiger partial charge in [-0.1, -0.05) is 30.3 Å². The molecule has 0 amide bonds. The van der Waals surface area contributed by atoms with Gasteiger partial charge in [-0.05, 0) is 12.5 Å². The van der Waals surface area contributed by atoms with Gasteiger partial charge in [0, 0.05) is 19.8 Å². The van der Waals surface area contributed by atoms with Crippen molar-refractivity contribution in [2.24, 2.45) is 14.1 Å². The lowest BCUT2D eigenvalue weighted by atomic mass is 10.2. The van der Waals surface area contributed by atoms with Crippen LogP contribution in [0.4, 0.5) is 5.82 Å². The van der Waals surface area contributed by atoms with Crippen molar-refractivity contribution in [2.45, 2.75) is 13.5 Å². The van der Waals surface area contributed by atoms with E-state index in [9.17, 15) is 19.2 Å². The van der Waals surface area contributed by atoms with Gasteiger partial charge in [-0.15, -0.1) is 0 Å². The summed E-state index contributed by atoms with van der Waals surface area (Å²) in [7, 11) is 2.92. The van der Waals surface area contributed by atoms with Crippen molar-refractivity contribution < 1.29 is 14.3 Å². The van der Waals surface area contributed by atoms with Gasteiger partial charge in [0.15, 0.2) is 6.61 Å². The normalized spacial score (nSPS) is 10.8. The molecule has 0 atom stereocenters. The molecule has 0 aliphatic rings. The summed E-state index contributed by atoms with van der Waals surface area (Å²) < 4.78 is 8.48. The Kier molecular flexibility index (Phi) is 5.67. The number of carbonyl (C=O) groups excluding carboxylic acids is 2. The largest absolute Gasteiger partial charge is 0.454 e. The molecule has 0 saturated carbocycles. The molecule has 2 heterocycles. The number of anilines is 1. The van der Waals surface area contributed by atoms with Crippen molar-refractivity contribution in [3.63, 3.8) is 0 Å². The number of hydrogen-bond donors (Lipinski definition) is 1. The molecule has 0 spiro atoms. The van der Waals surface area contributed by atoms with Crippen LogP contribution in [0, 0.1) is 6.92 Å². The van der Waals surface area contributed by atoms with Crippen LogP contribution in [0.5, 0.6) is 0 Å². The maximum absolute atomic E-state index is 12.7. The number of rotatable bonds is 6. The van der Waals surface area contributed by atoms with Gasteiger partial charge in [-0.25, -0.2) is 9.59 Å². The molecule has 156 valence electrons. The lowest BCUT2D eigenvalue weighted by Gasteiger charge is -2.14. The lowest BCUT2D eigenvalue weighted by molar-refractivity contribution is 0.0473. The van der Waals surface area contributed by atoms with E-state index >= 15 is 0 Å². The van der Waals surface area contributed by atoms with Crippen molar-refractivity contribution in [3.8, 4) is 0 Å². The third-order valence-electron chi connectivity index (χ3n) is 4.84. The molecule has 2 N–H and O–H groups in total. The summed E-state index contributed by atoms with van der Waals surface area (Å²) in [5, 5.41) is 3.94. The molecule has 0 radical (unpaired) electrons. The van der Waals surface area contributed by atoms with Crippen LogP contribution >= 0.6 is 0 Å². The second-order valence-corrected chi connectivity index (χ2v) is 6.75. The molecule has 3 rings (SSSR count). The number of aromatic nitrogens is 4. The Hall–Kier alpha value is -3.95. The van der Waals surface area contributed by atoms with Gasteiger partial charge in [0.1, 0.15) is 16.9 Å². The number of ketones is 1. The van der Waals surface area contributed by atoms with E-state index in [1.165, 1.54) is 17.9 Å². The van der Waals surface area contributed by atoms with Crippen LogP contribution in [-0.4, -0.2) is 37.3 Å². The highest BCUT2D eigenvalue weighted by atomic mass is 16.5. The van der Waals surface area contributed by atoms with Crippen LogP contribution in [0.3, 0.4) is 0 Å². The molecule has 0 aliphatic heterocycles. The van der Waals surface area contributed by atoms with Gasteiger partial charge < -0.3 is 10.5 Å². The number of nitrogen functional groups attached to an aromatic ring is 1. The Morgan fingerprint density at radius 3 is 2.40 bits per heavy atom. The highest BCUT2D eigenvalue weighted by Crippen LogP contribution is 2.11. The number of esters is 1. The Bertz CT molecular complexity index is 1240. The smallest absolute Gasteiger partial charge is 0.342 e. The summed E-state index contributed by atoms with van der Waals surface area (Å²) in [5.74, 6) is -1.82. The number of aryl methyl sites for hydroxylation is 1. The van der Waals surface area contributed by atoms with Crippen LogP contribution in [-0.2, 0) is 25.4 Å². The Morgan fingerprint density at radius 2 is 1.80 bits per heavy atom. The number of carbonyl (C=O) groups is 2. The van der Waals surface area contributed by atoms with Crippen molar-refractivity contribution in [1.82, 2.24) is 18.9 Å². The number of nitrogens with two attached hydrogens (primary N) is 1. The fraction of sp³-hybridized carbons (Fsp3) is 0.250. The Morgan fingerprint density at radius 1 is 1.13 bits per heavy atom. The zero-order valence-corrected chi connectivity index (χ0v) is 16.8. The van der Waals surface area contributed by atoms with E-state index in [0.29, 0.717) is 5.69 Å². The van der Waals surface area contributed by atoms with Gasteiger partial charge in [-0.2, -0.15) is 5.10 Å². The van der Waals surface area contributed by atoms with Crippen molar-refractivity contribution >= 4 is 17.6 Å². The van der Waals surface area contributed by atoms with E-state index in [2.05, 4.69) is 5.10 Å². The quantitative estimate of drug-likeness (QED) is 0.455. The standard InChI is InChI=1S/C20H21N5O5/c1-12-14(9-22-24(12)3)19(28)30-11-15(26)16-17(21)25(20(29)23(2)18(16)27)10-13-7-5-4-6-8-13/h4-9H,10-11,21H2,1-3H3. The lowest BCUT2D eigenvalue weighted by Crippen LogP contribution is -2.43. The molecular weight excluding hydrogens is 390 g/mol. The molecule has 1 aromatic carbocycles. The van der Waals surface area contributed by atoms with Gasteiger partial charge in [0.2, 0.25) is 5.78 Å². The molecule has 10 nitrogen and oxygen atoms in total. The minimum absolute atomic E-state index is 0.0780. The molecule has 2 aromatic heterocycles. The first kappa shape index (κ1) is 20.8. The van der Waals surface area contributed by atoms with Gasteiger partial charge in [-0.3, -0.25) is 23.4 Å². The Labute approximate surface area is 171 Å². The first-order chi connectivity index (χ1) is 14.2. The third-order valence-corrected chi connectivity index (χ3v) is 4.84. The van der Waals surface area contributed by atoms with E-state index in [1.807, 2.05) is 6.07 Å². The zero-order valence-electron chi connectivity index (χ0n) is 16.8. The minimum atomic E-state index is -0.847. The molecule has 0 fully saturated rings. The van der Waals surface area contributed by atoms with Crippen LogP contribution in [0.15, 0.2) is 46.1 Å². The highest BCUT2D eigenvalue weighted by molar-refractivity contribution is 6.02. The molecule has 0 bridgehead atoms. The molecule has 3 aromatic rings. The van der Waals surface area contributed by atoms with Gasteiger partial charge in [0.25, 0.3) is 5.56 Å². The number of nitrogens with zero attached hydrogens (tertiary/aromatic N) is 4. The summed E-state index contributed by atoms with van der Waals surface area (Å²) in [6.07, 6.45) is 1.33. The fourth-order valence-electron chi connectivity index (χ4n) is 2.94. The maximum Gasteiger partial charge on any atom is 0.342 e. The fourth-order valence-corrected chi connectivity index (χ4v) is 2.94. The molecule has 0 saturated heterocycles. The summed E-state index contributed by atoms with van der Waals surface area (Å²) in [6, 6.07) is 8.99. The zero-order chi connectivity index (χ0) is 22.0.